The maximum Gasteiger partial charge on any atom is 0.222 e. The van der Waals surface area contributed by atoms with Crippen LogP contribution in [-0.2, 0) is 9.53 Å². The molecule has 1 rings (SSSR count). The van der Waals surface area contributed by atoms with Gasteiger partial charge in [0.15, 0.2) is 0 Å². The van der Waals surface area contributed by atoms with Crippen LogP contribution in [0, 0.1) is 5.92 Å². The van der Waals surface area contributed by atoms with Gasteiger partial charge in [-0.25, -0.2) is 0 Å². The molecule has 1 heterocycles. The first-order chi connectivity index (χ1) is 6.24. The molecule has 1 N–H and O–H groups in total. The first-order valence-electron chi connectivity index (χ1n) is 5.13. The third kappa shape index (κ3) is 3.35. The Balaban J connectivity index is 2.13. The molecular formula is C10H19NO2. The van der Waals surface area contributed by atoms with Gasteiger partial charge in [-0.3, -0.25) is 4.79 Å². The lowest BCUT2D eigenvalue weighted by molar-refractivity contribution is -0.125. The van der Waals surface area contributed by atoms with Crippen molar-refractivity contribution in [3.8, 4) is 0 Å². The Morgan fingerprint density at radius 1 is 1.69 bits per heavy atom. The average Bonchev–Trinajstić information content (AvgIpc) is 2.65. The van der Waals surface area contributed by atoms with Gasteiger partial charge in [-0.1, -0.05) is 13.8 Å². The molecule has 13 heavy (non-hydrogen) atoms. The van der Waals surface area contributed by atoms with Crippen molar-refractivity contribution >= 4 is 5.91 Å². The lowest BCUT2D eigenvalue weighted by Crippen LogP contribution is -2.35. The highest BCUT2D eigenvalue weighted by molar-refractivity contribution is 5.78. The summed E-state index contributed by atoms with van der Waals surface area (Å²) in [6.45, 7) is 5.51. The average molecular weight is 185 g/mol. The number of nitrogens with one attached hydrogen (secondary N) is 1. The van der Waals surface area contributed by atoms with E-state index in [0.29, 0.717) is 6.54 Å². The van der Waals surface area contributed by atoms with E-state index in [0.717, 1.165) is 25.9 Å². The quantitative estimate of drug-likeness (QED) is 0.717. The second-order valence-corrected chi connectivity index (χ2v) is 3.69. The number of hydrogen-bond donors (Lipinski definition) is 1. The Morgan fingerprint density at radius 3 is 3.00 bits per heavy atom. The summed E-state index contributed by atoms with van der Waals surface area (Å²) in [5.74, 6) is 0.277. The fraction of sp³-hybridized carbons (Fsp3) is 0.900. The van der Waals surface area contributed by atoms with Crippen LogP contribution in [0.2, 0.25) is 0 Å². The van der Waals surface area contributed by atoms with Gasteiger partial charge in [-0.15, -0.1) is 0 Å². The Hall–Kier alpha value is -0.570. The van der Waals surface area contributed by atoms with Gasteiger partial charge in [0.05, 0.1) is 6.10 Å². The predicted octanol–water partition coefficient (Wildman–Crippen LogP) is 1.33. The molecule has 1 aliphatic rings. The van der Waals surface area contributed by atoms with Gasteiger partial charge < -0.3 is 10.1 Å². The molecule has 2 atom stereocenters. The van der Waals surface area contributed by atoms with E-state index in [1.165, 1.54) is 0 Å². The summed E-state index contributed by atoms with van der Waals surface area (Å²) in [5, 5.41) is 2.91. The molecule has 1 aliphatic heterocycles. The van der Waals surface area contributed by atoms with E-state index in [-0.39, 0.29) is 17.9 Å². The summed E-state index contributed by atoms with van der Waals surface area (Å²) in [4.78, 5) is 11.4. The molecule has 0 aromatic carbocycles. The van der Waals surface area contributed by atoms with Crippen LogP contribution in [0.5, 0.6) is 0 Å². The van der Waals surface area contributed by atoms with Gasteiger partial charge in [-0.2, -0.15) is 0 Å². The summed E-state index contributed by atoms with van der Waals surface area (Å²) in [6.07, 6.45) is 3.37. The number of amides is 1. The molecule has 0 saturated carbocycles. The van der Waals surface area contributed by atoms with Crippen LogP contribution in [0.3, 0.4) is 0 Å². The van der Waals surface area contributed by atoms with Gasteiger partial charge >= 0.3 is 0 Å². The summed E-state index contributed by atoms with van der Waals surface area (Å²) in [7, 11) is 0. The van der Waals surface area contributed by atoms with E-state index < -0.39 is 0 Å². The molecule has 0 unspecified atom stereocenters. The molecule has 0 aromatic heterocycles. The van der Waals surface area contributed by atoms with Crippen LogP contribution in [0.15, 0.2) is 0 Å². The Bertz CT molecular complexity index is 164. The fourth-order valence-electron chi connectivity index (χ4n) is 1.38. The highest BCUT2D eigenvalue weighted by atomic mass is 16.5. The van der Waals surface area contributed by atoms with Crippen LogP contribution in [-0.4, -0.2) is 25.2 Å². The van der Waals surface area contributed by atoms with Gasteiger partial charge in [0, 0.05) is 19.1 Å². The van der Waals surface area contributed by atoms with Crippen LogP contribution in [0.4, 0.5) is 0 Å². The zero-order valence-electron chi connectivity index (χ0n) is 8.51. The summed E-state index contributed by atoms with van der Waals surface area (Å²) >= 11 is 0. The highest BCUT2D eigenvalue weighted by Crippen LogP contribution is 2.10. The highest BCUT2D eigenvalue weighted by Gasteiger charge is 2.17. The first kappa shape index (κ1) is 10.5. The van der Waals surface area contributed by atoms with Crippen molar-refractivity contribution in [2.24, 2.45) is 5.92 Å². The van der Waals surface area contributed by atoms with Crippen molar-refractivity contribution in [3.05, 3.63) is 0 Å². The molecule has 1 fully saturated rings. The fourth-order valence-corrected chi connectivity index (χ4v) is 1.38. The van der Waals surface area contributed by atoms with Gasteiger partial charge in [0.1, 0.15) is 0 Å². The molecule has 1 saturated heterocycles. The number of ether oxygens (including phenoxy) is 1. The molecule has 3 heteroatoms. The molecule has 3 nitrogen and oxygen atoms in total. The molecule has 0 aromatic rings. The Kier molecular flexibility index (Phi) is 4.22. The standard InChI is InChI=1S/C10H19NO2/c1-3-8(2)10(12)11-7-9-5-4-6-13-9/h8-9H,3-7H2,1-2H3,(H,11,12)/t8-,9+/m0/s1. The lowest BCUT2D eigenvalue weighted by Gasteiger charge is -2.13. The van der Waals surface area contributed by atoms with Crippen LogP contribution < -0.4 is 5.32 Å². The Morgan fingerprint density at radius 2 is 2.46 bits per heavy atom. The number of hydrogen-bond acceptors (Lipinski definition) is 2. The van der Waals surface area contributed by atoms with Crippen molar-refractivity contribution in [1.29, 1.82) is 0 Å². The molecule has 76 valence electrons. The minimum Gasteiger partial charge on any atom is -0.376 e. The Labute approximate surface area is 79.8 Å². The molecule has 0 bridgehead atoms. The summed E-state index contributed by atoms with van der Waals surface area (Å²) < 4.78 is 5.40. The molecular weight excluding hydrogens is 166 g/mol. The smallest absolute Gasteiger partial charge is 0.222 e. The molecule has 0 spiro atoms. The van der Waals surface area contributed by atoms with Crippen LogP contribution in [0.25, 0.3) is 0 Å². The summed E-state index contributed by atoms with van der Waals surface area (Å²) in [5.41, 5.74) is 0. The zero-order chi connectivity index (χ0) is 9.68. The van der Waals surface area contributed by atoms with Gasteiger partial charge in [-0.05, 0) is 19.3 Å². The minimum atomic E-state index is 0.126. The second kappa shape index (κ2) is 5.22. The third-order valence-corrected chi connectivity index (χ3v) is 2.59. The number of rotatable bonds is 4. The predicted molar refractivity (Wildman–Crippen MR) is 51.4 cm³/mol. The van der Waals surface area contributed by atoms with E-state index in [1.54, 1.807) is 0 Å². The third-order valence-electron chi connectivity index (χ3n) is 2.59. The monoisotopic (exact) mass is 185 g/mol. The topological polar surface area (TPSA) is 38.3 Å². The van der Waals surface area contributed by atoms with E-state index in [2.05, 4.69) is 5.32 Å². The number of carbonyl (C=O) groups is 1. The van der Waals surface area contributed by atoms with Gasteiger partial charge in [0.25, 0.3) is 0 Å². The number of carbonyl (C=O) groups excluding carboxylic acids is 1. The molecule has 0 aliphatic carbocycles. The maximum atomic E-state index is 11.4. The first-order valence-corrected chi connectivity index (χ1v) is 5.13. The second-order valence-electron chi connectivity index (χ2n) is 3.69. The van der Waals surface area contributed by atoms with E-state index in [9.17, 15) is 4.79 Å². The zero-order valence-corrected chi connectivity index (χ0v) is 8.51. The van der Waals surface area contributed by atoms with E-state index >= 15 is 0 Å². The normalized spacial score (nSPS) is 24.3. The maximum absolute atomic E-state index is 11.4. The summed E-state index contributed by atoms with van der Waals surface area (Å²) in [6, 6.07) is 0. The van der Waals surface area contributed by atoms with E-state index in [1.807, 2.05) is 13.8 Å². The molecule has 1 amide bonds. The van der Waals surface area contributed by atoms with Crippen molar-refractivity contribution < 1.29 is 9.53 Å². The largest absolute Gasteiger partial charge is 0.376 e. The van der Waals surface area contributed by atoms with Crippen molar-refractivity contribution in [3.63, 3.8) is 0 Å². The van der Waals surface area contributed by atoms with Crippen molar-refractivity contribution in [1.82, 2.24) is 5.32 Å². The van der Waals surface area contributed by atoms with Crippen molar-refractivity contribution in [2.75, 3.05) is 13.2 Å². The van der Waals surface area contributed by atoms with Crippen molar-refractivity contribution in [2.45, 2.75) is 39.2 Å². The van der Waals surface area contributed by atoms with Crippen LogP contribution in [0.1, 0.15) is 33.1 Å². The minimum absolute atomic E-state index is 0.126. The van der Waals surface area contributed by atoms with Crippen LogP contribution >= 0.6 is 0 Å². The van der Waals surface area contributed by atoms with Gasteiger partial charge in [0.2, 0.25) is 5.91 Å². The lowest BCUT2D eigenvalue weighted by atomic mass is 10.1. The SMILES string of the molecule is CC[C@H](C)C(=O)NC[C@H]1CCCO1. The molecule has 0 radical (unpaired) electrons. The van der Waals surface area contributed by atoms with E-state index in [4.69, 9.17) is 4.74 Å².